The van der Waals surface area contributed by atoms with Gasteiger partial charge in [0, 0.05) is 4.90 Å². The van der Waals surface area contributed by atoms with Crippen molar-refractivity contribution in [1.29, 1.82) is 0 Å². The molecule has 0 radical (unpaired) electrons. The fourth-order valence-corrected chi connectivity index (χ4v) is 11.6. The highest BCUT2D eigenvalue weighted by Gasteiger charge is 2.56. The van der Waals surface area contributed by atoms with E-state index in [0.29, 0.717) is 6.61 Å². The topological polar surface area (TPSA) is 92.3 Å². The van der Waals surface area contributed by atoms with E-state index in [0.717, 1.165) is 33.1 Å². The Morgan fingerprint density at radius 1 is 0.485 bits per heavy atom. The highest BCUT2D eigenvalue weighted by atomic mass is 32.2. The maximum Gasteiger partial charge on any atom is 0.192 e. The van der Waals surface area contributed by atoms with Crippen LogP contribution in [-0.2, 0) is 57.1 Å². The minimum absolute atomic E-state index is 0.0331. The van der Waals surface area contributed by atoms with Crippen LogP contribution in [0.25, 0.3) is 0 Å². The molecule has 0 spiro atoms. The Morgan fingerprint density at radius 2 is 0.909 bits per heavy atom. The lowest BCUT2D eigenvalue weighted by atomic mass is 9.97. The van der Waals surface area contributed by atoms with Crippen LogP contribution in [0, 0.1) is 0 Å². The third kappa shape index (κ3) is 13.4. The van der Waals surface area contributed by atoms with E-state index in [1.165, 1.54) is 0 Å². The largest absolute Gasteiger partial charge is 0.497 e. The Labute approximate surface area is 401 Å². The summed E-state index contributed by atoms with van der Waals surface area (Å²) in [5.41, 5.74) is 2.95. The highest BCUT2D eigenvalue weighted by Crippen LogP contribution is 2.47. The Kier molecular flexibility index (Phi) is 17.9. The molecule has 2 aliphatic rings. The molecule has 2 saturated heterocycles. The maximum atomic E-state index is 7.61. The van der Waals surface area contributed by atoms with Crippen LogP contribution in [-0.4, -0.2) is 91.4 Å². The molecule has 0 bridgehead atoms. The highest BCUT2D eigenvalue weighted by molar-refractivity contribution is 8.00. The normalized spacial score (nSPS) is 26.5. The van der Waals surface area contributed by atoms with E-state index in [1.807, 2.05) is 79.7 Å². The summed E-state index contributed by atoms with van der Waals surface area (Å²) in [5, 5.41) is -0.433. The van der Waals surface area contributed by atoms with Crippen LogP contribution < -0.4 is 9.47 Å². The number of rotatable bonds is 19. The lowest BCUT2D eigenvalue weighted by Crippen LogP contribution is -2.66. The van der Waals surface area contributed by atoms with Crippen molar-refractivity contribution in [2.45, 2.75) is 177 Å². The minimum atomic E-state index is -2.40. The van der Waals surface area contributed by atoms with E-state index in [-0.39, 0.29) is 46.9 Å². The van der Waals surface area contributed by atoms with E-state index in [2.05, 4.69) is 111 Å². The van der Waals surface area contributed by atoms with Crippen LogP contribution in [0.3, 0.4) is 0 Å². The second-order valence-electron chi connectivity index (χ2n) is 20.6. The minimum Gasteiger partial charge on any atom is -0.497 e. The summed E-state index contributed by atoms with van der Waals surface area (Å²) in [7, 11) is -1.41. The van der Waals surface area contributed by atoms with Gasteiger partial charge in [-0.15, -0.1) is 11.8 Å². The molecule has 4 aromatic carbocycles. The molecule has 13 heteroatoms. The van der Waals surface area contributed by atoms with Gasteiger partial charge in [0.25, 0.3) is 0 Å². The average Bonchev–Trinajstić information content (AvgIpc) is 3.28. The zero-order chi connectivity index (χ0) is 47.9. The van der Waals surface area contributed by atoms with Gasteiger partial charge in [0.15, 0.2) is 29.2 Å². The zero-order valence-corrected chi connectivity index (χ0v) is 44.6. The molecule has 2 heterocycles. The van der Waals surface area contributed by atoms with Crippen LogP contribution in [0.15, 0.2) is 114 Å². The van der Waals surface area contributed by atoms with Gasteiger partial charge < -0.3 is 46.7 Å². The summed E-state index contributed by atoms with van der Waals surface area (Å²) in [6.45, 7) is 27.9. The van der Waals surface area contributed by atoms with E-state index >= 15 is 0 Å². The third-order valence-corrected chi connectivity index (χ3v) is 23.9. The molecule has 10 nitrogen and oxygen atoms in total. The molecule has 66 heavy (non-hydrogen) atoms. The van der Waals surface area contributed by atoms with Crippen LogP contribution in [0.2, 0.25) is 36.3 Å². The Hall–Kier alpha value is -3.06. The molecule has 10 atom stereocenters. The molecule has 6 rings (SSSR count). The van der Waals surface area contributed by atoms with Gasteiger partial charge in [0.1, 0.15) is 29.8 Å². The number of thioether (sulfide) groups is 1. The molecule has 1 unspecified atom stereocenters. The van der Waals surface area contributed by atoms with Crippen molar-refractivity contribution in [1.82, 2.24) is 0 Å². The average molecular weight is 961 g/mol. The molecule has 362 valence electrons. The van der Waals surface area contributed by atoms with E-state index in [4.69, 9.17) is 46.7 Å². The van der Waals surface area contributed by atoms with Crippen molar-refractivity contribution in [2.75, 3.05) is 14.2 Å². The Bertz CT molecular complexity index is 2060. The quantitative estimate of drug-likeness (QED) is 0.0841. The Morgan fingerprint density at radius 3 is 1.41 bits per heavy atom. The van der Waals surface area contributed by atoms with Crippen LogP contribution in [0.1, 0.15) is 72.1 Å². The number of ether oxygens (including phenoxy) is 8. The summed E-state index contributed by atoms with van der Waals surface area (Å²) in [4.78, 5) is 1.08. The summed E-state index contributed by atoms with van der Waals surface area (Å²) in [5.74, 6) is 1.54. The fourth-order valence-electron chi connectivity index (χ4n) is 7.59. The van der Waals surface area contributed by atoms with Crippen molar-refractivity contribution < 1.29 is 46.7 Å². The summed E-state index contributed by atoms with van der Waals surface area (Å²) in [6.07, 6.45) is -5.17. The molecule has 0 aromatic heterocycles. The first-order chi connectivity index (χ1) is 31.2. The third-order valence-electron chi connectivity index (χ3n) is 13.7. The molecule has 0 aliphatic carbocycles. The molecule has 0 saturated carbocycles. The Balaban J connectivity index is 1.41. The monoisotopic (exact) mass is 960 g/mol. The molecule has 2 fully saturated rings. The van der Waals surface area contributed by atoms with Crippen molar-refractivity contribution in [3.05, 3.63) is 126 Å². The lowest BCUT2D eigenvalue weighted by Gasteiger charge is -2.53. The second kappa shape index (κ2) is 22.6. The first kappa shape index (κ1) is 52.3. The van der Waals surface area contributed by atoms with Crippen molar-refractivity contribution in [2.24, 2.45) is 0 Å². The molecule has 0 amide bonds. The summed E-state index contributed by atoms with van der Waals surface area (Å²) < 4.78 is 68.0. The molecule has 2 aliphatic heterocycles. The number of benzene rings is 4. The van der Waals surface area contributed by atoms with E-state index < -0.39 is 53.6 Å². The van der Waals surface area contributed by atoms with Crippen molar-refractivity contribution >= 4 is 28.4 Å². The number of hydrogen-bond donors (Lipinski definition) is 0. The van der Waals surface area contributed by atoms with Crippen LogP contribution in [0.5, 0.6) is 11.5 Å². The molecular formula is C53H76O10SSi2. The molecular weight excluding hydrogens is 885 g/mol. The van der Waals surface area contributed by atoms with Gasteiger partial charge >= 0.3 is 0 Å². The first-order valence-electron chi connectivity index (χ1n) is 23.4. The predicted molar refractivity (Wildman–Crippen MR) is 268 cm³/mol. The van der Waals surface area contributed by atoms with Gasteiger partial charge in [-0.05, 0) is 103 Å². The first-order valence-corrected chi connectivity index (χ1v) is 30.1. The number of methoxy groups -OCH3 is 2. The van der Waals surface area contributed by atoms with E-state index in [9.17, 15) is 0 Å². The lowest BCUT2D eigenvalue weighted by molar-refractivity contribution is -0.347. The van der Waals surface area contributed by atoms with Gasteiger partial charge in [-0.25, -0.2) is 0 Å². The van der Waals surface area contributed by atoms with Gasteiger partial charge in [0.2, 0.25) is 0 Å². The van der Waals surface area contributed by atoms with Gasteiger partial charge in [-0.3, -0.25) is 0 Å². The van der Waals surface area contributed by atoms with Crippen LogP contribution >= 0.6 is 11.8 Å². The van der Waals surface area contributed by atoms with E-state index in [1.54, 1.807) is 26.0 Å². The predicted octanol–water partition coefficient (Wildman–Crippen LogP) is 12.2. The second-order valence-corrected chi connectivity index (χ2v) is 31.4. The summed E-state index contributed by atoms with van der Waals surface area (Å²) >= 11 is 1.72. The van der Waals surface area contributed by atoms with Crippen molar-refractivity contribution in [3.8, 4) is 11.5 Å². The SMILES string of the molecule is COc1ccc(COC2O[C@H](C)[C@@H](O[C@@H]3O[C@H](C)[C@@H](O[Si](C)(C)C(C)(C)C)[C@H](O[Si](C)(C)C(C)(C)C)[C@H]3Sc3ccccc3)[C@H](OCc3ccccc3)[C@H]2OCc2ccc(OC)cc2)cc1. The zero-order valence-electron chi connectivity index (χ0n) is 41.8. The summed E-state index contributed by atoms with van der Waals surface area (Å²) in [6, 6.07) is 36.3. The smallest absolute Gasteiger partial charge is 0.192 e. The molecule has 4 aromatic rings. The van der Waals surface area contributed by atoms with Gasteiger partial charge in [0.05, 0.1) is 63.7 Å². The van der Waals surface area contributed by atoms with Gasteiger partial charge in [-0.2, -0.15) is 0 Å². The fraction of sp³-hybridized carbons (Fsp3) is 0.547. The standard InChI is InChI=1S/C53H76O10SSi2/c1-36-44(61-51-49(64-43-23-19-16-20-24-43)47(63-66(13,14)53(6,7)8)45(37(2)60-51)62-65(11,12)52(3,4)5)46(56-33-38-21-17-15-18-22-38)48(57-34-39-25-29-41(54-9)30-26-39)50(59-36)58-35-40-27-31-42(55-10)32-28-40/h15-32,36-37,44-51H,33-35H2,1-14H3/t36-,37-,44-,45-,46+,47+,48-,49-,50?,51+/m1/s1. The molecule has 0 N–H and O–H groups in total. The maximum absolute atomic E-state index is 7.61. The van der Waals surface area contributed by atoms with Crippen molar-refractivity contribution in [3.63, 3.8) is 0 Å². The van der Waals surface area contributed by atoms with Gasteiger partial charge in [-0.1, -0.05) is 114 Å². The number of hydrogen-bond acceptors (Lipinski definition) is 11. The van der Waals surface area contributed by atoms with Crippen LogP contribution in [0.4, 0.5) is 0 Å².